The Morgan fingerprint density at radius 3 is 2.16 bits per heavy atom. The summed E-state index contributed by atoms with van der Waals surface area (Å²) in [5.74, 6) is -1.34. The van der Waals surface area contributed by atoms with Crippen LogP contribution in [0.4, 0.5) is 0 Å². The fraction of sp³-hybridized carbons (Fsp3) is 0.810. The number of carbonyl (C=O) groups excluding carboxylic acids is 2. The lowest BCUT2D eigenvalue weighted by Crippen LogP contribution is -2.45. The number of quaternary nitrogens is 1. The van der Waals surface area contributed by atoms with Gasteiger partial charge in [-0.15, -0.1) is 0 Å². The predicted molar refractivity (Wildman–Crippen MR) is 219 cm³/mol. The van der Waals surface area contributed by atoms with Gasteiger partial charge in [0.25, 0.3) is 0 Å². The van der Waals surface area contributed by atoms with Gasteiger partial charge in [-0.25, -0.2) is 4.57 Å². The van der Waals surface area contributed by atoms with E-state index in [2.05, 4.69) is 31.3 Å². The molecule has 0 bridgehead atoms. The Morgan fingerprint density at radius 1 is 0.818 bits per heavy atom. The van der Waals surface area contributed by atoms with Gasteiger partial charge in [0.2, 0.25) is 5.91 Å². The quantitative estimate of drug-likeness (QED) is 0.0181. The summed E-state index contributed by atoms with van der Waals surface area (Å²) in [5, 5.41) is 45.0. The van der Waals surface area contributed by atoms with Crippen LogP contribution in [0.1, 0.15) is 136 Å². The lowest BCUT2D eigenvalue weighted by atomic mass is 9.87. The highest BCUT2D eigenvalue weighted by atomic mass is 31.2. The van der Waals surface area contributed by atoms with E-state index in [9.17, 15) is 39.5 Å². The van der Waals surface area contributed by atoms with Crippen molar-refractivity contribution in [1.29, 1.82) is 0 Å². The van der Waals surface area contributed by atoms with Crippen LogP contribution in [0.5, 0.6) is 0 Å². The Bertz CT molecular complexity index is 1170. The maximum Gasteiger partial charge on any atom is 0.472 e. The van der Waals surface area contributed by atoms with E-state index in [-0.39, 0.29) is 38.1 Å². The van der Waals surface area contributed by atoms with Gasteiger partial charge in [0.15, 0.2) is 0 Å². The van der Waals surface area contributed by atoms with Gasteiger partial charge < -0.3 is 35.1 Å². The van der Waals surface area contributed by atoms with E-state index in [0.29, 0.717) is 36.7 Å². The van der Waals surface area contributed by atoms with Crippen LogP contribution in [0.2, 0.25) is 0 Å². The van der Waals surface area contributed by atoms with Crippen LogP contribution < -0.4 is 5.32 Å². The van der Waals surface area contributed by atoms with Crippen molar-refractivity contribution in [3.05, 3.63) is 36.5 Å². The molecule has 0 aromatic heterocycles. The molecular formula is C42H78N2O10P+. The van der Waals surface area contributed by atoms with Crippen molar-refractivity contribution in [3.63, 3.8) is 0 Å². The molecular weight excluding hydrogens is 723 g/mol. The topological polar surface area (TPSA) is 183 Å². The number of allylic oxidation sites excluding steroid dienone is 3. The van der Waals surface area contributed by atoms with Crippen molar-refractivity contribution < 1.29 is 53.0 Å². The molecule has 12 nitrogen and oxygen atoms in total. The number of nitrogens with zero attached hydrogens (tertiary/aromatic N) is 1. The third-order valence-electron chi connectivity index (χ3n) is 10.1. The van der Waals surface area contributed by atoms with Gasteiger partial charge in [0.1, 0.15) is 18.9 Å². The Kier molecular flexibility index (Phi) is 27.5. The number of aliphatic hydroxyl groups is 4. The van der Waals surface area contributed by atoms with E-state index in [4.69, 9.17) is 9.05 Å². The van der Waals surface area contributed by atoms with Gasteiger partial charge in [-0.05, 0) is 44.9 Å². The van der Waals surface area contributed by atoms with Crippen molar-refractivity contribution in [2.24, 2.45) is 11.8 Å². The smallest absolute Gasteiger partial charge is 0.393 e. The second kappa shape index (κ2) is 29.5. The monoisotopic (exact) mass is 802 g/mol. The zero-order valence-corrected chi connectivity index (χ0v) is 35.6. The van der Waals surface area contributed by atoms with Gasteiger partial charge in [0.05, 0.1) is 58.2 Å². The highest BCUT2D eigenvalue weighted by Gasteiger charge is 2.41. The van der Waals surface area contributed by atoms with Gasteiger partial charge in [-0.3, -0.25) is 18.6 Å². The summed E-state index contributed by atoms with van der Waals surface area (Å²) < 4.78 is 23.4. The first-order chi connectivity index (χ1) is 26.1. The number of hydrogen-bond donors (Lipinski definition) is 6. The summed E-state index contributed by atoms with van der Waals surface area (Å²) in [6, 6.07) is -1.01. The van der Waals surface area contributed by atoms with Crippen LogP contribution in [0, 0.1) is 11.8 Å². The molecule has 55 heavy (non-hydrogen) atoms. The number of amides is 1. The number of aliphatic hydroxyl groups excluding tert-OH is 4. The predicted octanol–water partition coefficient (Wildman–Crippen LogP) is 6.69. The summed E-state index contributed by atoms with van der Waals surface area (Å²) in [6.45, 7) is 4.32. The molecule has 0 aliphatic heterocycles. The number of likely N-dealkylation sites (N-methyl/N-ethyl adjacent to an activating group) is 1. The molecule has 320 valence electrons. The maximum absolute atomic E-state index is 12.9. The van der Waals surface area contributed by atoms with Gasteiger partial charge in [-0.1, -0.05) is 102 Å². The highest BCUT2D eigenvalue weighted by Crippen LogP contribution is 2.43. The average molecular weight is 802 g/mol. The molecule has 1 aliphatic rings. The van der Waals surface area contributed by atoms with Crippen molar-refractivity contribution in [2.75, 3.05) is 40.9 Å². The molecule has 13 heteroatoms. The molecule has 1 unspecified atom stereocenters. The maximum atomic E-state index is 12.9. The van der Waals surface area contributed by atoms with E-state index in [0.717, 1.165) is 32.1 Å². The molecule has 1 saturated carbocycles. The largest absolute Gasteiger partial charge is 0.472 e. The van der Waals surface area contributed by atoms with Crippen LogP contribution >= 0.6 is 7.82 Å². The minimum Gasteiger partial charge on any atom is -0.393 e. The Morgan fingerprint density at radius 2 is 1.45 bits per heavy atom. The van der Waals surface area contributed by atoms with E-state index in [1.165, 1.54) is 38.5 Å². The summed E-state index contributed by atoms with van der Waals surface area (Å²) in [7, 11) is 1.32. The number of hydrogen-bond acceptors (Lipinski definition) is 9. The number of carbonyl (C=O) groups is 2. The first kappa shape index (κ1) is 51.3. The minimum atomic E-state index is -4.45. The second-order valence-electron chi connectivity index (χ2n) is 16.3. The summed E-state index contributed by atoms with van der Waals surface area (Å²) in [6.07, 6.45) is 22.7. The molecule has 6 N–H and O–H groups in total. The van der Waals surface area contributed by atoms with Crippen LogP contribution in [-0.4, -0.2) is 113 Å². The van der Waals surface area contributed by atoms with Crippen LogP contribution in [-0.2, 0) is 23.2 Å². The number of nitrogens with one attached hydrogen (secondary N) is 1. The van der Waals surface area contributed by atoms with Crippen molar-refractivity contribution in [2.45, 2.75) is 166 Å². The summed E-state index contributed by atoms with van der Waals surface area (Å²) >= 11 is 0. The normalized spacial score (nSPS) is 22.1. The Hall–Kier alpha value is -1.73. The number of ketones is 1. The molecule has 0 heterocycles. The SMILES string of the molecule is CCCCCCCC/C=C\CC/C=C/[C@@H](O)[C@H](COP(=O)(O)OCC[N+](C)(C)C)NC(=O)CCCCC(=O)C[C@@H]1[C@@H](/C=C/[C@@H](O)CCCCC)[C@H](O)C[C@@H]1O. The molecule has 0 saturated heterocycles. The molecule has 1 rings (SSSR count). The zero-order valence-electron chi connectivity index (χ0n) is 34.7. The lowest BCUT2D eigenvalue weighted by Gasteiger charge is -2.25. The summed E-state index contributed by atoms with van der Waals surface area (Å²) in [4.78, 5) is 36.1. The summed E-state index contributed by atoms with van der Waals surface area (Å²) in [5.41, 5.74) is 0. The number of phosphoric acid groups is 1. The standard InChI is InChI=1S/C42H77N2O10P/c1-6-8-10-11-12-13-14-15-16-17-18-20-25-39(47)38(33-54-55(51,52)53-30-29-44(3,4)5)43-42(50)26-22-21-24-35(46)31-37-36(40(48)32-41(37)49)28-27-34(45)23-19-9-7-2/h15-16,20,25,27-28,34,36-41,45,47-49H,6-14,17-19,21-24,26,29-33H2,1-5H3,(H-,43,50,51,52)/p+1/b16-15-,25-20+,28-27+/t34-,36+,37+,38-,39+,40+,41-/m0/s1. The van der Waals surface area contributed by atoms with E-state index >= 15 is 0 Å². The van der Waals surface area contributed by atoms with E-state index in [1.807, 2.05) is 27.2 Å². The average Bonchev–Trinajstić information content (AvgIpc) is 3.37. The van der Waals surface area contributed by atoms with Crippen LogP contribution in [0.15, 0.2) is 36.5 Å². The van der Waals surface area contributed by atoms with Crippen LogP contribution in [0.3, 0.4) is 0 Å². The van der Waals surface area contributed by atoms with Crippen molar-refractivity contribution >= 4 is 19.5 Å². The van der Waals surface area contributed by atoms with E-state index < -0.39 is 62.6 Å². The second-order valence-corrected chi connectivity index (χ2v) is 17.8. The molecule has 0 aromatic carbocycles. The molecule has 0 radical (unpaired) electrons. The van der Waals surface area contributed by atoms with Gasteiger partial charge in [-0.2, -0.15) is 0 Å². The first-order valence-corrected chi connectivity index (χ1v) is 22.5. The number of Topliss-reactive ketones (excluding diaryl/α,β-unsaturated/α-hetero) is 1. The van der Waals surface area contributed by atoms with Crippen molar-refractivity contribution in [1.82, 2.24) is 5.32 Å². The van der Waals surface area contributed by atoms with Crippen molar-refractivity contribution in [3.8, 4) is 0 Å². The third kappa shape index (κ3) is 26.0. The zero-order chi connectivity index (χ0) is 41.1. The fourth-order valence-electron chi connectivity index (χ4n) is 6.58. The molecule has 0 aromatic rings. The highest BCUT2D eigenvalue weighted by molar-refractivity contribution is 7.47. The van der Waals surface area contributed by atoms with Gasteiger partial charge in [0, 0.05) is 37.5 Å². The molecule has 1 aliphatic carbocycles. The lowest BCUT2D eigenvalue weighted by molar-refractivity contribution is -0.870. The number of rotatable bonds is 33. The Labute approximate surface area is 332 Å². The molecule has 1 amide bonds. The van der Waals surface area contributed by atoms with Crippen LogP contribution in [0.25, 0.3) is 0 Å². The third-order valence-corrected chi connectivity index (χ3v) is 11.0. The Balaban J connectivity index is 2.66. The first-order valence-electron chi connectivity index (χ1n) is 21.0. The fourth-order valence-corrected chi connectivity index (χ4v) is 7.32. The molecule has 8 atom stereocenters. The number of unbranched alkanes of at least 4 members (excludes halogenated alkanes) is 10. The molecule has 0 spiro atoms. The molecule has 1 fully saturated rings. The van der Waals surface area contributed by atoms with E-state index in [1.54, 1.807) is 18.2 Å². The number of phosphoric ester groups is 1. The minimum absolute atomic E-state index is 0.0122. The van der Waals surface area contributed by atoms with Gasteiger partial charge >= 0.3 is 7.82 Å².